The highest BCUT2D eigenvalue weighted by Gasteiger charge is 2.41. The third-order valence-corrected chi connectivity index (χ3v) is 5.43. The normalized spacial score (nSPS) is 15.3. The van der Waals surface area contributed by atoms with Gasteiger partial charge in [0.1, 0.15) is 17.1 Å². The highest BCUT2D eigenvalue weighted by Crippen LogP contribution is 2.37. The van der Waals surface area contributed by atoms with Crippen LogP contribution in [0.1, 0.15) is 42.6 Å². The molecule has 1 fully saturated rings. The molecule has 0 aliphatic carbocycles. The molecular weight excluding hydrogens is 398 g/mol. The van der Waals surface area contributed by atoms with Crippen molar-refractivity contribution in [2.24, 2.45) is 0 Å². The maximum atomic E-state index is 13.5. The van der Waals surface area contributed by atoms with Gasteiger partial charge in [-0.2, -0.15) is 0 Å². The van der Waals surface area contributed by atoms with Crippen LogP contribution in [-0.2, 0) is 19.7 Å². The number of methoxy groups -OCH3 is 2. The van der Waals surface area contributed by atoms with Gasteiger partial charge in [0, 0.05) is 18.9 Å². The van der Waals surface area contributed by atoms with Crippen molar-refractivity contribution >= 4 is 17.6 Å². The van der Waals surface area contributed by atoms with Gasteiger partial charge in [-0.05, 0) is 62.6 Å². The molecule has 1 aliphatic heterocycles. The minimum Gasteiger partial charge on any atom is -0.497 e. The number of carbonyl (C=O) groups excluding carboxylic acids is 2. The highest BCUT2D eigenvalue weighted by atomic mass is 16.5. The summed E-state index contributed by atoms with van der Waals surface area (Å²) >= 11 is 0. The van der Waals surface area contributed by atoms with Crippen molar-refractivity contribution < 1.29 is 28.5 Å². The van der Waals surface area contributed by atoms with Gasteiger partial charge in [0.05, 0.1) is 25.7 Å². The third-order valence-electron chi connectivity index (χ3n) is 5.43. The first kappa shape index (κ1) is 22.6. The van der Waals surface area contributed by atoms with Crippen molar-refractivity contribution in [2.45, 2.75) is 38.2 Å². The number of ether oxygens (including phenoxy) is 4. The number of benzene rings is 2. The van der Waals surface area contributed by atoms with E-state index in [0.717, 1.165) is 11.3 Å². The fraction of sp³-hybridized carbons (Fsp3) is 0.417. The van der Waals surface area contributed by atoms with Gasteiger partial charge in [0.15, 0.2) is 0 Å². The van der Waals surface area contributed by atoms with Crippen molar-refractivity contribution in [2.75, 3.05) is 32.8 Å². The minimum absolute atomic E-state index is 0.107. The van der Waals surface area contributed by atoms with E-state index in [2.05, 4.69) is 5.32 Å². The Balaban J connectivity index is 1.91. The summed E-state index contributed by atoms with van der Waals surface area (Å²) in [5.74, 6) is 0.475. The summed E-state index contributed by atoms with van der Waals surface area (Å²) in [4.78, 5) is 25.8. The lowest BCUT2D eigenvalue weighted by Crippen LogP contribution is -2.44. The smallest absolute Gasteiger partial charge is 0.341 e. The van der Waals surface area contributed by atoms with Crippen LogP contribution in [-0.4, -0.2) is 45.4 Å². The minimum atomic E-state index is -0.733. The molecule has 1 aliphatic rings. The molecule has 1 amide bonds. The predicted molar refractivity (Wildman–Crippen MR) is 117 cm³/mol. The van der Waals surface area contributed by atoms with E-state index in [0.29, 0.717) is 37.5 Å². The maximum absolute atomic E-state index is 13.5. The zero-order chi connectivity index (χ0) is 22.4. The van der Waals surface area contributed by atoms with Gasteiger partial charge in [-0.25, -0.2) is 4.79 Å². The zero-order valence-electron chi connectivity index (χ0n) is 18.4. The molecule has 7 nitrogen and oxygen atoms in total. The van der Waals surface area contributed by atoms with Crippen LogP contribution in [0, 0.1) is 0 Å². The van der Waals surface area contributed by atoms with E-state index in [1.807, 2.05) is 38.1 Å². The fourth-order valence-electron chi connectivity index (χ4n) is 3.76. The summed E-state index contributed by atoms with van der Waals surface area (Å²) < 4.78 is 21.4. The summed E-state index contributed by atoms with van der Waals surface area (Å²) in [7, 11) is 2.92. The summed E-state index contributed by atoms with van der Waals surface area (Å²) in [5, 5.41) is 2.99. The molecule has 0 bridgehead atoms. The van der Waals surface area contributed by atoms with Gasteiger partial charge in [0.2, 0.25) is 5.91 Å². The summed E-state index contributed by atoms with van der Waals surface area (Å²) in [6.45, 7) is 4.74. The molecule has 7 heteroatoms. The first-order valence-electron chi connectivity index (χ1n) is 10.3. The molecule has 0 radical (unpaired) electrons. The second kappa shape index (κ2) is 9.83. The number of esters is 1. The van der Waals surface area contributed by atoms with Crippen LogP contribution >= 0.6 is 0 Å². The lowest BCUT2D eigenvalue weighted by atomic mass is 9.73. The lowest BCUT2D eigenvalue weighted by Gasteiger charge is -2.36. The van der Waals surface area contributed by atoms with Crippen molar-refractivity contribution in [1.29, 1.82) is 0 Å². The monoisotopic (exact) mass is 427 g/mol. The molecule has 0 atom stereocenters. The van der Waals surface area contributed by atoms with Crippen LogP contribution in [0.15, 0.2) is 42.5 Å². The number of carbonyl (C=O) groups is 2. The topological polar surface area (TPSA) is 83.1 Å². The number of hydrogen-bond donors (Lipinski definition) is 1. The lowest BCUT2D eigenvalue weighted by molar-refractivity contribution is -0.125. The Hall–Kier alpha value is -3.06. The second-order valence-corrected chi connectivity index (χ2v) is 7.75. The zero-order valence-corrected chi connectivity index (χ0v) is 18.4. The molecule has 0 spiro atoms. The van der Waals surface area contributed by atoms with Crippen molar-refractivity contribution in [1.82, 2.24) is 0 Å². The van der Waals surface area contributed by atoms with Crippen LogP contribution in [0.5, 0.6) is 11.5 Å². The molecule has 2 aromatic carbocycles. The Bertz CT molecular complexity index is 916. The van der Waals surface area contributed by atoms with E-state index in [-0.39, 0.29) is 17.6 Å². The van der Waals surface area contributed by atoms with Crippen LogP contribution in [0.2, 0.25) is 0 Å². The number of anilines is 1. The van der Waals surface area contributed by atoms with E-state index in [1.165, 1.54) is 7.11 Å². The average Bonchev–Trinajstić information content (AvgIpc) is 2.79. The number of nitrogens with one attached hydrogen (secondary N) is 1. The van der Waals surface area contributed by atoms with Gasteiger partial charge < -0.3 is 24.3 Å². The first-order chi connectivity index (χ1) is 14.9. The maximum Gasteiger partial charge on any atom is 0.341 e. The van der Waals surface area contributed by atoms with Crippen molar-refractivity contribution in [3.8, 4) is 11.5 Å². The molecule has 1 saturated heterocycles. The fourth-order valence-corrected chi connectivity index (χ4v) is 3.76. The molecule has 31 heavy (non-hydrogen) atoms. The summed E-state index contributed by atoms with van der Waals surface area (Å²) in [6.07, 6.45) is 1.01. The van der Waals surface area contributed by atoms with E-state index >= 15 is 0 Å². The first-order valence-corrected chi connectivity index (χ1v) is 10.3. The molecule has 0 unspecified atom stereocenters. The molecule has 0 saturated carbocycles. The van der Waals surface area contributed by atoms with Gasteiger partial charge in [-0.1, -0.05) is 12.1 Å². The Morgan fingerprint density at radius 3 is 2.29 bits per heavy atom. The predicted octanol–water partition coefficient (Wildman–Crippen LogP) is 3.96. The van der Waals surface area contributed by atoms with Gasteiger partial charge >= 0.3 is 5.97 Å². The van der Waals surface area contributed by atoms with Crippen LogP contribution in [0.3, 0.4) is 0 Å². The van der Waals surface area contributed by atoms with Crippen LogP contribution < -0.4 is 14.8 Å². The summed E-state index contributed by atoms with van der Waals surface area (Å²) in [6, 6.07) is 12.5. The summed E-state index contributed by atoms with van der Waals surface area (Å²) in [5.41, 5.74) is 0.936. The van der Waals surface area contributed by atoms with Gasteiger partial charge in [-0.15, -0.1) is 0 Å². The van der Waals surface area contributed by atoms with Crippen molar-refractivity contribution in [3.63, 3.8) is 0 Å². The van der Waals surface area contributed by atoms with Crippen LogP contribution in [0.4, 0.5) is 5.69 Å². The Morgan fingerprint density at radius 1 is 1.03 bits per heavy atom. The highest BCUT2D eigenvalue weighted by molar-refractivity contribution is 6.01. The van der Waals surface area contributed by atoms with E-state index in [1.54, 1.807) is 25.3 Å². The Kier molecular flexibility index (Phi) is 7.17. The number of hydrogen-bond acceptors (Lipinski definition) is 6. The molecule has 166 valence electrons. The Labute approximate surface area is 182 Å². The van der Waals surface area contributed by atoms with Crippen molar-refractivity contribution in [3.05, 3.63) is 53.6 Å². The molecule has 2 aromatic rings. The largest absolute Gasteiger partial charge is 0.497 e. The second-order valence-electron chi connectivity index (χ2n) is 7.75. The molecule has 1 N–H and O–H groups in total. The average molecular weight is 427 g/mol. The number of amides is 1. The molecular formula is C24H29NO6. The van der Waals surface area contributed by atoms with Gasteiger partial charge in [-0.3, -0.25) is 4.79 Å². The third kappa shape index (κ3) is 4.99. The molecule has 3 rings (SSSR count). The Morgan fingerprint density at radius 2 is 1.71 bits per heavy atom. The van der Waals surface area contributed by atoms with E-state index < -0.39 is 11.4 Å². The van der Waals surface area contributed by atoms with E-state index in [4.69, 9.17) is 18.9 Å². The standard InChI is InChI=1S/C24H29NO6/c1-16(2)31-21-10-7-18(15-20(21)22(26)29-4)25-23(27)24(11-13-30-14-12-24)17-5-8-19(28-3)9-6-17/h5-10,15-16H,11-14H2,1-4H3,(H,25,27). The van der Waals surface area contributed by atoms with Crippen LogP contribution in [0.25, 0.3) is 0 Å². The van der Waals surface area contributed by atoms with E-state index in [9.17, 15) is 9.59 Å². The van der Waals surface area contributed by atoms with Gasteiger partial charge in [0.25, 0.3) is 0 Å². The SMILES string of the molecule is COC(=O)c1cc(NC(=O)C2(c3ccc(OC)cc3)CCOCC2)ccc1OC(C)C. The molecule has 1 heterocycles. The molecule has 0 aromatic heterocycles. The quantitative estimate of drug-likeness (QED) is 0.674. The number of rotatable bonds is 7.